The van der Waals surface area contributed by atoms with Crippen molar-refractivity contribution >= 4 is 34.2 Å². The van der Waals surface area contributed by atoms with Gasteiger partial charge in [0.2, 0.25) is 0 Å². The minimum absolute atomic E-state index is 0.0787. The monoisotopic (exact) mass is 476 g/mol. The molecule has 0 aliphatic heterocycles. The summed E-state index contributed by atoms with van der Waals surface area (Å²) in [7, 11) is 3.24. The van der Waals surface area contributed by atoms with Crippen molar-refractivity contribution in [3.05, 3.63) is 88.0 Å². The zero-order valence-corrected chi connectivity index (χ0v) is 19.7. The number of rotatable bonds is 10. The van der Waals surface area contributed by atoms with Gasteiger partial charge in [0.1, 0.15) is 5.82 Å². The molecular weight excluding hydrogens is 452 g/mol. The van der Waals surface area contributed by atoms with Crippen molar-refractivity contribution in [2.75, 3.05) is 26.1 Å². The molecule has 0 radical (unpaired) electrons. The fraction of sp³-hybridized carbons (Fsp3) is 0.200. The van der Waals surface area contributed by atoms with E-state index in [9.17, 15) is 10.1 Å². The molecule has 0 atom stereocenters. The molecule has 0 aliphatic rings. The number of nitro benzene ring substituents is 1. The predicted molar refractivity (Wildman–Crippen MR) is 134 cm³/mol. The number of nitrogens with zero attached hydrogens (tertiary/aromatic N) is 3. The summed E-state index contributed by atoms with van der Waals surface area (Å²) >= 11 is 1.45. The number of anilines is 1. The molecule has 1 aromatic heterocycles. The molecule has 0 amide bonds. The van der Waals surface area contributed by atoms with E-state index in [0.717, 1.165) is 34.3 Å². The summed E-state index contributed by atoms with van der Waals surface area (Å²) in [5.41, 5.74) is 2.88. The van der Waals surface area contributed by atoms with Gasteiger partial charge in [-0.1, -0.05) is 42.1 Å². The minimum Gasteiger partial charge on any atom is -0.493 e. The highest BCUT2D eigenvalue weighted by atomic mass is 32.2. The maximum atomic E-state index is 11.0. The van der Waals surface area contributed by atoms with Gasteiger partial charge in [0.15, 0.2) is 16.7 Å². The zero-order chi connectivity index (χ0) is 23.9. The van der Waals surface area contributed by atoms with Crippen LogP contribution < -0.4 is 14.8 Å². The number of hydrogen-bond donors (Lipinski definition) is 1. The van der Waals surface area contributed by atoms with E-state index in [1.54, 1.807) is 26.4 Å². The summed E-state index contributed by atoms with van der Waals surface area (Å²) in [5, 5.41) is 16.0. The van der Waals surface area contributed by atoms with Gasteiger partial charge in [0, 0.05) is 29.8 Å². The number of hydrogen-bond acceptors (Lipinski definition) is 8. The Kier molecular flexibility index (Phi) is 7.44. The van der Waals surface area contributed by atoms with Gasteiger partial charge in [-0.15, -0.1) is 0 Å². The van der Waals surface area contributed by atoms with E-state index >= 15 is 0 Å². The third kappa shape index (κ3) is 5.55. The Morgan fingerprint density at radius 3 is 2.56 bits per heavy atom. The Hall–Kier alpha value is -3.85. The van der Waals surface area contributed by atoms with Crippen LogP contribution in [-0.2, 0) is 12.2 Å². The molecule has 8 nitrogen and oxygen atoms in total. The number of nitrogens with one attached hydrogen (secondary N) is 1. The first-order chi connectivity index (χ1) is 16.6. The molecule has 0 spiro atoms. The summed E-state index contributed by atoms with van der Waals surface area (Å²) in [6.07, 6.45) is 0.773. The van der Waals surface area contributed by atoms with Crippen molar-refractivity contribution in [3.8, 4) is 11.5 Å². The largest absolute Gasteiger partial charge is 0.493 e. The van der Waals surface area contributed by atoms with E-state index in [0.29, 0.717) is 29.0 Å². The molecule has 0 bridgehead atoms. The van der Waals surface area contributed by atoms with E-state index in [4.69, 9.17) is 14.5 Å². The molecule has 1 heterocycles. The van der Waals surface area contributed by atoms with Crippen LogP contribution in [-0.4, -0.2) is 35.7 Å². The summed E-state index contributed by atoms with van der Waals surface area (Å²) < 4.78 is 10.7. The van der Waals surface area contributed by atoms with E-state index < -0.39 is 0 Å². The van der Waals surface area contributed by atoms with Crippen LogP contribution in [0.25, 0.3) is 10.9 Å². The Morgan fingerprint density at radius 1 is 0.941 bits per heavy atom. The number of para-hydroxylation sites is 1. The quantitative estimate of drug-likeness (QED) is 0.139. The lowest BCUT2D eigenvalue weighted by atomic mass is 10.1. The highest BCUT2D eigenvalue weighted by molar-refractivity contribution is 7.98. The predicted octanol–water partition coefficient (Wildman–Crippen LogP) is 5.50. The van der Waals surface area contributed by atoms with Crippen LogP contribution in [0.5, 0.6) is 11.5 Å². The van der Waals surface area contributed by atoms with Crippen molar-refractivity contribution < 1.29 is 14.4 Å². The van der Waals surface area contributed by atoms with E-state index in [2.05, 4.69) is 10.3 Å². The number of benzene rings is 3. The average molecular weight is 477 g/mol. The number of methoxy groups -OCH3 is 2. The van der Waals surface area contributed by atoms with Gasteiger partial charge < -0.3 is 14.8 Å². The van der Waals surface area contributed by atoms with Crippen molar-refractivity contribution in [1.29, 1.82) is 0 Å². The number of thioether (sulfide) groups is 1. The smallest absolute Gasteiger partial charge is 0.269 e. The second-order valence-electron chi connectivity index (χ2n) is 7.45. The summed E-state index contributed by atoms with van der Waals surface area (Å²) in [5.74, 6) is 2.69. The summed E-state index contributed by atoms with van der Waals surface area (Å²) in [6, 6.07) is 20.4. The average Bonchev–Trinajstić information content (AvgIpc) is 2.87. The third-order valence-corrected chi connectivity index (χ3v) is 6.14. The van der Waals surface area contributed by atoms with Gasteiger partial charge in [0.25, 0.3) is 5.69 Å². The van der Waals surface area contributed by atoms with E-state index in [1.165, 1.54) is 17.8 Å². The molecular formula is C25H24N4O4S. The van der Waals surface area contributed by atoms with Gasteiger partial charge in [-0.05, 0) is 41.8 Å². The number of nitro groups is 1. The molecule has 0 saturated carbocycles. The summed E-state index contributed by atoms with van der Waals surface area (Å²) in [4.78, 5) is 20.0. The molecule has 0 unspecified atom stereocenters. The Morgan fingerprint density at radius 2 is 1.76 bits per heavy atom. The SMILES string of the molecule is COc1ccc(CCNc2nc(SCc3cccc([N+](=O)[O-])c3)nc3ccccc23)cc1OC. The number of ether oxygens (including phenoxy) is 2. The van der Waals surface area contributed by atoms with Crippen LogP contribution in [0.1, 0.15) is 11.1 Å². The lowest BCUT2D eigenvalue weighted by molar-refractivity contribution is -0.384. The van der Waals surface area contributed by atoms with Crippen molar-refractivity contribution in [1.82, 2.24) is 9.97 Å². The second-order valence-corrected chi connectivity index (χ2v) is 8.40. The standard InChI is InChI=1S/C25H24N4O4S/c1-32-22-11-10-17(15-23(22)33-2)12-13-26-24-20-8-3-4-9-21(20)27-25(28-24)34-16-18-6-5-7-19(14-18)29(30)31/h3-11,14-15H,12-13,16H2,1-2H3,(H,26,27,28). The van der Waals surface area contributed by atoms with Crippen LogP contribution in [0.15, 0.2) is 71.9 Å². The van der Waals surface area contributed by atoms with Crippen LogP contribution >= 0.6 is 11.8 Å². The molecule has 0 aliphatic carbocycles. The Labute approximate surface area is 201 Å². The van der Waals surface area contributed by atoms with Crippen LogP contribution in [0.2, 0.25) is 0 Å². The van der Waals surface area contributed by atoms with Gasteiger partial charge in [-0.2, -0.15) is 0 Å². The van der Waals surface area contributed by atoms with Gasteiger partial charge in [-0.3, -0.25) is 10.1 Å². The maximum absolute atomic E-state index is 11.0. The fourth-order valence-electron chi connectivity index (χ4n) is 3.52. The maximum Gasteiger partial charge on any atom is 0.269 e. The molecule has 3 aromatic carbocycles. The van der Waals surface area contributed by atoms with Crippen molar-refractivity contribution in [2.24, 2.45) is 0 Å². The third-order valence-electron chi connectivity index (χ3n) is 5.23. The topological polar surface area (TPSA) is 99.4 Å². The molecule has 1 N–H and O–H groups in total. The molecule has 4 aromatic rings. The normalized spacial score (nSPS) is 10.8. The summed E-state index contributed by atoms with van der Waals surface area (Å²) in [6.45, 7) is 0.672. The molecule has 0 saturated heterocycles. The number of aromatic nitrogens is 2. The van der Waals surface area contributed by atoms with Crippen LogP contribution in [0, 0.1) is 10.1 Å². The number of non-ortho nitro benzene ring substituents is 1. The van der Waals surface area contributed by atoms with E-state index in [-0.39, 0.29) is 10.6 Å². The number of fused-ring (bicyclic) bond motifs is 1. The molecule has 34 heavy (non-hydrogen) atoms. The molecule has 4 rings (SSSR count). The van der Waals surface area contributed by atoms with Crippen molar-refractivity contribution in [3.63, 3.8) is 0 Å². The van der Waals surface area contributed by atoms with Crippen molar-refractivity contribution in [2.45, 2.75) is 17.3 Å². The Balaban J connectivity index is 1.49. The fourth-order valence-corrected chi connectivity index (χ4v) is 4.32. The first kappa shape index (κ1) is 23.3. The van der Waals surface area contributed by atoms with E-state index in [1.807, 2.05) is 48.5 Å². The lowest BCUT2D eigenvalue weighted by Crippen LogP contribution is -2.08. The molecule has 0 fully saturated rings. The zero-order valence-electron chi connectivity index (χ0n) is 18.9. The second kappa shape index (κ2) is 10.8. The highest BCUT2D eigenvalue weighted by Gasteiger charge is 2.11. The molecule has 174 valence electrons. The first-order valence-corrected chi connectivity index (χ1v) is 11.6. The van der Waals surface area contributed by atoms with Crippen LogP contribution in [0.3, 0.4) is 0 Å². The lowest BCUT2D eigenvalue weighted by Gasteiger charge is -2.12. The minimum atomic E-state index is -0.388. The van der Waals surface area contributed by atoms with Gasteiger partial charge in [0.05, 0.1) is 24.7 Å². The van der Waals surface area contributed by atoms with Gasteiger partial charge in [-0.25, -0.2) is 9.97 Å². The molecule has 9 heteroatoms. The first-order valence-electron chi connectivity index (χ1n) is 10.6. The van der Waals surface area contributed by atoms with Gasteiger partial charge >= 0.3 is 0 Å². The highest BCUT2D eigenvalue weighted by Crippen LogP contribution is 2.29. The van der Waals surface area contributed by atoms with Crippen LogP contribution in [0.4, 0.5) is 11.5 Å². The Bertz CT molecular complexity index is 1320.